The number of rotatable bonds is 13. The molecular weight excluding hydrogens is 286 g/mol. The third kappa shape index (κ3) is 8.44. The van der Waals surface area contributed by atoms with Gasteiger partial charge in [-0.25, -0.2) is 4.98 Å². The van der Waals surface area contributed by atoms with Gasteiger partial charge < -0.3 is 15.1 Å². The number of nitrogens with zero attached hydrogens (tertiary/aromatic N) is 1. The van der Waals surface area contributed by atoms with Gasteiger partial charge in [0.05, 0.1) is 11.6 Å². The predicted molar refractivity (Wildman–Crippen MR) is 88.9 cm³/mol. The quantitative estimate of drug-likeness (QED) is 0.432. The van der Waals surface area contributed by atoms with Crippen molar-refractivity contribution in [1.82, 2.24) is 15.6 Å². The summed E-state index contributed by atoms with van der Waals surface area (Å²) >= 11 is 5.68. The van der Waals surface area contributed by atoms with Gasteiger partial charge in [0.2, 0.25) is 0 Å². The number of alkyl halides is 1. The Morgan fingerprint density at radius 3 is 2.71 bits per heavy atom. The van der Waals surface area contributed by atoms with E-state index < -0.39 is 0 Å². The maximum Gasteiger partial charge on any atom is 0.194 e. The molecule has 21 heavy (non-hydrogen) atoms. The molecule has 0 bridgehead atoms. The number of halogens is 1. The van der Waals surface area contributed by atoms with E-state index in [1.54, 1.807) is 6.26 Å². The van der Waals surface area contributed by atoms with Crippen LogP contribution in [0.1, 0.15) is 57.5 Å². The number of aromatic nitrogens is 1. The van der Waals surface area contributed by atoms with E-state index in [1.165, 1.54) is 25.7 Å². The molecule has 0 fully saturated rings. The molecule has 1 heterocycles. The van der Waals surface area contributed by atoms with Crippen LogP contribution in [0.2, 0.25) is 0 Å². The molecule has 0 radical (unpaired) electrons. The molecule has 0 aromatic carbocycles. The molecule has 0 saturated heterocycles. The molecule has 0 spiro atoms. The topological polar surface area (TPSA) is 50.1 Å². The Morgan fingerprint density at radius 1 is 1.24 bits per heavy atom. The summed E-state index contributed by atoms with van der Waals surface area (Å²) in [6.45, 7) is 7.67. The summed E-state index contributed by atoms with van der Waals surface area (Å²) < 4.78 is 5.33. The highest BCUT2D eigenvalue weighted by molar-refractivity contribution is 6.16. The summed E-state index contributed by atoms with van der Waals surface area (Å²) in [7, 11) is 0. The highest BCUT2D eigenvalue weighted by Crippen LogP contribution is 2.06. The van der Waals surface area contributed by atoms with Crippen molar-refractivity contribution in [2.24, 2.45) is 0 Å². The highest BCUT2D eigenvalue weighted by Gasteiger charge is 2.03. The Labute approximate surface area is 134 Å². The molecule has 0 aliphatic rings. The van der Waals surface area contributed by atoms with E-state index in [1.807, 2.05) is 0 Å². The lowest BCUT2D eigenvalue weighted by Crippen LogP contribution is -2.31. The zero-order valence-electron chi connectivity index (χ0n) is 13.5. The fourth-order valence-electron chi connectivity index (χ4n) is 2.33. The van der Waals surface area contributed by atoms with Crippen molar-refractivity contribution in [3.8, 4) is 0 Å². The summed E-state index contributed by atoms with van der Waals surface area (Å²) in [5, 5.41) is 7.08. The van der Waals surface area contributed by atoms with E-state index in [4.69, 9.17) is 16.0 Å². The number of aryl methyl sites for hydroxylation is 1. The first kappa shape index (κ1) is 18.5. The average Bonchev–Trinajstić information content (AvgIpc) is 2.96. The molecule has 1 atom stereocenters. The van der Waals surface area contributed by atoms with Crippen LogP contribution in [0.15, 0.2) is 10.7 Å². The van der Waals surface area contributed by atoms with E-state index in [2.05, 4.69) is 29.5 Å². The number of hydrogen-bond acceptors (Lipinski definition) is 4. The Hall–Kier alpha value is -0.580. The molecule has 5 heteroatoms. The molecule has 4 nitrogen and oxygen atoms in total. The van der Waals surface area contributed by atoms with Crippen molar-refractivity contribution in [3.05, 3.63) is 17.8 Å². The maximum atomic E-state index is 5.68. The van der Waals surface area contributed by atoms with Crippen molar-refractivity contribution in [3.63, 3.8) is 0 Å². The fraction of sp³-hybridized carbons (Fsp3) is 0.812. The first-order valence-electron chi connectivity index (χ1n) is 8.23. The largest absolute Gasteiger partial charge is 0.449 e. The van der Waals surface area contributed by atoms with E-state index in [0.717, 1.165) is 44.1 Å². The zero-order chi connectivity index (χ0) is 15.3. The normalized spacial score (nSPS) is 12.7. The fourth-order valence-corrected chi connectivity index (χ4v) is 2.46. The molecule has 122 valence electrons. The van der Waals surface area contributed by atoms with Crippen molar-refractivity contribution in [1.29, 1.82) is 0 Å². The van der Waals surface area contributed by atoms with Crippen LogP contribution in [-0.4, -0.2) is 30.7 Å². The van der Waals surface area contributed by atoms with Crippen LogP contribution in [0.4, 0.5) is 0 Å². The molecule has 0 aliphatic heterocycles. The van der Waals surface area contributed by atoms with Gasteiger partial charge in [-0.15, -0.1) is 11.6 Å². The van der Waals surface area contributed by atoms with Crippen LogP contribution in [-0.2, 0) is 12.3 Å². The highest BCUT2D eigenvalue weighted by atomic mass is 35.5. The second kappa shape index (κ2) is 12.0. The Balaban J connectivity index is 1.92. The lowest BCUT2D eigenvalue weighted by atomic mass is 10.1. The first-order valence-corrected chi connectivity index (χ1v) is 8.76. The molecule has 1 rings (SSSR count). The molecule has 1 unspecified atom stereocenters. The van der Waals surface area contributed by atoms with Gasteiger partial charge in [0.25, 0.3) is 0 Å². The minimum absolute atomic E-state index is 0.422. The van der Waals surface area contributed by atoms with Crippen molar-refractivity contribution < 1.29 is 4.42 Å². The SMILES string of the molecule is CCCC(CC)NCCCNCCCc1nc(CCl)co1. The molecule has 1 aromatic heterocycles. The molecule has 0 amide bonds. The van der Waals surface area contributed by atoms with Crippen molar-refractivity contribution >= 4 is 11.6 Å². The number of oxazole rings is 1. The van der Waals surface area contributed by atoms with E-state index in [-0.39, 0.29) is 0 Å². The number of hydrogen-bond donors (Lipinski definition) is 2. The third-order valence-corrected chi connectivity index (χ3v) is 3.85. The summed E-state index contributed by atoms with van der Waals surface area (Å²) in [5.74, 6) is 1.21. The lowest BCUT2D eigenvalue weighted by molar-refractivity contribution is 0.451. The van der Waals surface area contributed by atoms with Crippen molar-refractivity contribution in [2.45, 2.75) is 64.3 Å². The monoisotopic (exact) mass is 315 g/mol. The minimum Gasteiger partial charge on any atom is -0.449 e. The smallest absolute Gasteiger partial charge is 0.194 e. The Morgan fingerprint density at radius 2 is 2.05 bits per heavy atom. The maximum absolute atomic E-state index is 5.68. The first-order chi connectivity index (χ1) is 10.3. The van der Waals surface area contributed by atoms with E-state index in [0.29, 0.717) is 11.9 Å². The van der Waals surface area contributed by atoms with Gasteiger partial charge in [-0.3, -0.25) is 0 Å². The molecule has 0 aliphatic carbocycles. The molecule has 1 aromatic rings. The molecule has 0 saturated carbocycles. The van der Waals surface area contributed by atoms with Crippen LogP contribution < -0.4 is 10.6 Å². The Bertz CT molecular complexity index is 357. The zero-order valence-corrected chi connectivity index (χ0v) is 14.2. The van der Waals surface area contributed by atoms with Crippen LogP contribution >= 0.6 is 11.6 Å². The van der Waals surface area contributed by atoms with Crippen LogP contribution in [0, 0.1) is 0 Å². The Kier molecular flexibility index (Phi) is 10.6. The second-order valence-corrected chi connectivity index (χ2v) is 5.69. The van der Waals surface area contributed by atoms with Gasteiger partial charge in [-0.05, 0) is 45.3 Å². The van der Waals surface area contributed by atoms with Gasteiger partial charge in [0.15, 0.2) is 5.89 Å². The summed E-state index contributed by atoms with van der Waals surface area (Å²) in [4.78, 5) is 4.29. The summed E-state index contributed by atoms with van der Waals surface area (Å²) in [6.07, 6.45) is 8.50. The van der Waals surface area contributed by atoms with Crippen LogP contribution in [0.3, 0.4) is 0 Å². The molecule has 2 N–H and O–H groups in total. The summed E-state index contributed by atoms with van der Waals surface area (Å²) in [5.41, 5.74) is 0.822. The van der Waals surface area contributed by atoms with Crippen LogP contribution in [0.25, 0.3) is 0 Å². The average molecular weight is 316 g/mol. The van der Waals surface area contributed by atoms with Gasteiger partial charge in [0.1, 0.15) is 6.26 Å². The minimum atomic E-state index is 0.422. The standard InChI is InChI=1S/C16H30ClN3O/c1-3-7-14(4-2)19-11-6-10-18-9-5-8-16-20-15(12-17)13-21-16/h13-14,18-19H,3-12H2,1-2H3. The van der Waals surface area contributed by atoms with Gasteiger partial charge in [0, 0.05) is 12.5 Å². The lowest BCUT2D eigenvalue weighted by Gasteiger charge is -2.15. The van der Waals surface area contributed by atoms with E-state index in [9.17, 15) is 0 Å². The summed E-state index contributed by atoms with van der Waals surface area (Å²) in [6, 6.07) is 0.691. The number of nitrogens with one attached hydrogen (secondary N) is 2. The second-order valence-electron chi connectivity index (χ2n) is 5.42. The van der Waals surface area contributed by atoms with Gasteiger partial charge >= 0.3 is 0 Å². The van der Waals surface area contributed by atoms with Gasteiger partial charge in [-0.1, -0.05) is 20.3 Å². The molecular formula is C16H30ClN3O. The predicted octanol–water partition coefficient (Wildman–Crippen LogP) is 3.49. The van der Waals surface area contributed by atoms with E-state index >= 15 is 0 Å². The van der Waals surface area contributed by atoms with Crippen molar-refractivity contribution in [2.75, 3.05) is 19.6 Å². The van der Waals surface area contributed by atoms with Gasteiger partial charge in [-0.2, -0.15) is 0 Å². The third-order valence-electron chi connectivity index (χ3n) is 3.57. The van der Waals surface area contributed by atoms with Crippen LogP contribution in [0.5, 0.6) is 0 Å².